The molecule has 22 heavy (non-hydrogen) atoms. The standard InChI is InChI=1S/C17H26N2O3/c1-3-21-14-10-15(17(14)8-4-5-9-17)22-16(20)7-6-13-11-18-19(2)12-13/h11-12,14-15H,3-10H2,1-2H3/t14-,15-/m1/s1. The van der Waals surface area contributed by atoms with Crippen molar-refractivity contribution in [1.82, 2.24) is 9.78 Å². The molecule has 2 atom stereocenters. The largest absolute Gasteiger partial charge is 0.462 e. The third-order valence-electron chi connectivity index (χ3n) is 5.26. The van der Waals surface area contributed by atoms with Gasteiger partial charge in [0, 0.05) is 38.1 Å². The molecule has 5 nitrogen and oxygen atoms in total. The summed E-state index contributed by atoms with van der Waals surface area (Å²) >= 11 is 0. The quantitative estimate of drug-likeness (QED) is 0.758. The normalized spacial score (nSPS) is 26.1. The first kappa shape index (κ1) is 15.5. The number of esters is 1. The van der Waals surface area contributed by atoms with Gasteiger partial charge >= 0.3 is 5.97 Å². The molecule has 2 aliphatic carbocycles. The second-order valence-corrected chi connectivity index (χ2v) is 6.62. The fraction of sp³-hybridized carbons (Fsp3) is 0.765. The minimum atomic E-state index is -0.0879. The summed E-state index contributed by atoms with van der Waals surface area (Å²) in [4.78, 5) is 12.1. The number of carbonyl (C=O) groups is 1. The highest BCUT2D eigenvalue weighted by Gasteiger charge is 2.58. The molecule has 2 saturated carbocycles. The first-order valence-electron chi connectivity index (χ1n) is 8.42. The Hall–Kier alpha value is -1.36. The zero-order chi connectivity index (χ0) is 15.6. The Labute approximate surface area is 132 Å². The van der Waals surface area contributed by atoms with Crippen molar-refractivity contribution in [3.8, 4) is 0 Å². The lowest BCUT2D eigenvalue weighted by Crippen LogP contribution is -2.58. The van der Waals surface area contributed by atoms with Crippen LogP contribution in [0.5, 0.6) is 0 Å². The van der Waals surface area contributed by atoms with E-state index in [0.717, 1.165) is 31.4 Å². The van der Waals surface area contributed by atoms with E-state index in [1.807, 2.05) is 20.2 Å². The number of hydrogen-bond acceptors (Lipinski definition) is 4. The van der Waals surface area contributed by atoms with Crippen molar-refractivity contribution in [1.29, 1.82) is 0 Å². The molecule has 0 radical (unpaired) electrons. The lowest BCUT2D eigenvalue weighted by Gasteiger charge is -2.52. The zero-order valence-corrected chi connectivity index (χ0v) is 13.6. The number of aryl methyl sites for hydroxylation is 2. The molecule has 0 amide bonds. The highest BCUT2D eigenvalue weighted by atomic mass is 16.6. The lowest BCUT2D eigenvalue weighted by molar-refractivity contribution is -0.211. The molecule has 0 N–H and O–H groups in total. The average molecular weight is 306 g/mol. The van der Waals surface area contributed by atoms with Gasteiger partial charge in [0.05, 0.1) is 12.3 Å². The molecule has 0 aromatic carbocycles. The van der Waals surface area contributed by atoms with E-state index in [-0.39, 0.29) is 23.6 Å². The van der Waals surface area contributed by atoms with Crippen molar-refractivity contribution in [2.24, 2.45) is 12.5 Å². The van der Waals surface area contributed by atoms with Crippen molar-refractivity contribution < 1.29 is 14.3 Å². The number of carbonyl (C=O) groups excluding carboxylic acids is 1. The SMILES string of the molecule is CCO[C@@H]1C[C@@H](OC(=O)CCc2cnn(C)c2)C12CCCC2. The second-order valence-electron chi connectivity index (χ2n) is 6.62. The highest BCUT2D eigenvalue weighted by molar-refractivity contribution is 5.70. The van der Waals surface area contributed by atoms with Crippen molar-refractivity contribution in [3.05, 3.63) is 18.0 Å². The predicted octanol–water partition coefficient (Wildman–Crippen LogP) is 2.63. The highest BCUT2D eigenvalue weighted by Crippen LogP contribution is 2.56. The Morgan fingerprint density at radius 2 is 2.18 bits per heavy atom. The van der Waals surface area contributed by atoms with Gasteiger partial charge in [0.1, 0.15) is 6.10 Å². The summed E-state index contributed by atoms with van der Waals surface area (Å²) in [5.41, 5.74) is 1.19. The third kappa shape index (κ3) is 2.91. The summed E-state index contributed by atoms with van der Waals surface area (Å²) in [6.45, 7) is 2.78. The van der Waals surface area contributed by atoms with E-state index >= 15 is 0 Å². The second kappa shape index (κ2) is 6.41. The topological polar surface area (TPSA) is 53.4 Å². The summed E-state index contributed by atoms with van der Waals surface area (Å²) in [6.07, 6.45) is 10.8. The first-order chi connectivity index (χ1) is 10.6. The lowest BCUT2D eigenvalue weighted by atomic mass is 9.62. The van der Waals surface area contributed by atoms with Gasteiger partial charge in [0.15, 0.2) is 0 Å². The van der Waals surface area contributed by atoms with Crippen LogP contribution in [-0.4, -0.2) is 34.6 Å². The van der Waals surface area contributed by atoms with Crippen LogP contribution in [0.4, 0.5) is 0 Å². The fourth-order valence-electron chi connectivity index (χ4n) is 4.05. The molecule has 0 bridgehead atoms. The van der Waals surface area contributed by atoms with E-state index < -0.39 is 0 Å². The van der Waals surface area contributed by atoms with Crippen molar-refractivity contribution in [2.75, 3.05) is 6.61 Å². The molecule has 3 rings (SSSR count). The van der Waals surface area contributed by atoms with E-state index in [4.69, 9.17) is 9.47 Å². The maximum Gasteiger partial charge on any atom is 0.306 e. The van der Waals surface area contributed by atoms with Crippen LogP contribution in [0.3, 0.4) is 0 Å². The van der Waals surface area contributed by atoms with E-state index in [2.05, 4.69) is 5.10 Å². The smallest absolute Gasteiger partial charge is 0.306 e. The van der Waals surface area contributed by atoms with E-state index in [0.29, 0.717) is 12.8 Å². The summed E-state index contributed by atoms with van der Waals surface area (Å²) in [6, 6.07) is 0. The molecule has 2 fully saturated rings. The minimum Gasteiger partial charge on any atom is -0.462 e. The Bertz CT molecular complexity index is 520. The zero-order valence-electron chi connectivity index (χ0n) is 13.6. The average Bonchev–Trinajstić information content (AvgIpc) is 3.14. The monoisotopic (exact) mass is 306 g/mol. The van der Waals surface area contributed by atoms with Gasteiger partial charge in [-0.25, -0.2) is 0 Å². The van der Waals surface area contributed by atoms with Gasteiger partial charge in [-0.3, -0.25) is 9.48 Å². The first-order valence-corrected chi connectivity index (χ1v) is 8.42. The summed E-state index contributed by atoms with van der Waals surface area (Å²) < 4.78 is 13.4. The molecule has 1 spiro atoms. The maximum atomic E-state index is 12.1. The summed E-state index contributed by atoms with van der Waals surface area (Å²) in [7, 11) is 1.88. The molecule has 122 valence electrons. The van der Waals surface area contributed by atoms with Crippen LogP contribution in [0.25, 0.3) is 0 Å². The molecule has 1 aromatic rings. The Balaban J connectivity index is 1.51. The van der Waals surface area contributed by atoms with Crippen LogP contribution >= 0.6 is 0 Å². The van der Waals surface area contributed by atoms with E-state index in [1.165, 1.54) is 12.8 Å². The van der Waals surface area contributed by atoms with Crippen LogP contribution in [0.1, 0.15) is 51.0 Å². The minimum absolute atomic E-state index is 0.0629. The van der Waals surface area contributed by atoms with Crippen LogP contribution in [0.2, 0.25) is 0 Å². The molecule has 5 heteroatoms. The molecular weight excluding hydrogens is 280 g/mol. The summed E-state index contributed by atoms with van der Waals surface area (Å²) in [5.74, 6) is -0.0879. The molecule has 0 unspecified atom stereocenters. The van der Waals surface area contributed by atoms with Crippen LogP contribution in [-0.2, 0) is 27.7 Å². The van der Waals surface area contributed by atoms with Gasteiger partial charge in [-0.1, -0.05) is 12.8 Å². The van der Waals surface area contributed by atoms with E-state index in [9.17, 15) is 4.79 Å². The number of aromatic nitrogens is 2. The van der Waals surface area contributed by atoms with Crippen LogP contribution in [0, 0.1) is 5.41 Å². The Morgan fingerprint density at radius 3 is 2.82 bits per heavy atom. The van der Waals surface area contributed by atoms with Crippen molar-refractivity contribution in [3.63, 3.8) is 0 Å². The van der Waals surface area contributed by atoms with Crippen molar-refractivity contribution >= 4 is 5.97 Å². The number of nitrogens with zero attached hydrogens (tertiary/aromatic N) is 2. The Kier molecular flexibility index (Phi) is 4.52. The number of hydrogen-bond donors (Lipinski definition) is 0. The Morgan fingerprint density at radius 1 is 1.41 bits per heavy atom. The molecule has 2 aliphatic rings. The molecule has 1 heterocycles. The molecule has 0 aliphatic heterocycles. The number of rotatable bonds is 6. The summed E-state index contributed by atoms with van der Waals surface area (Å²) in [5, 5.41) is 4.12. The van der Waals surface area contributed by atoms with E-state index in [1.54, 1.807) is 10.9 Å². The predicted molar refractivity (Wildman–Crippen MR) is 82.3 cm³/mol. The fourth-order valence-corrected chi connectivity index (χ4v) is 4.05. The van der Waals surface area contributed by atoms with Crippen LogP contribution in [0.15, 0.2) is 12.4 Å². The van der Waals surface area contributed by atoms with Gasteiger partial charge in [-0.2, -0.15) is 5.10 Å². The van der Waals surface area contributed by atoms with Gasteiger partial charge in [-0.15, -0.1) is 0 Å². The number of ether oxygens (including phenoxy) is 2. The van der Waals surface area contributed by atoms with Gasteiger partial charge in [-0.05, 0) is 31.7 Å². The van der Waals surface area contributed by atoms with Crippen LogP contribution < -0.4 is 0 Å². The molecule has 0 saturated heterocycles. The maximum absolute atomic E-state index is 12.1. The molecular formula is C17H26N2O3. The van der Waals surface area contributed by atoms with Gasteiger partial charge < -0.3 is 9.47 Å². The van der Waals surface area contributed by atoms with Gasteiger partial charge in [0.25, 0.3) is 0 Å². The molecule has 1 aromatic heterocycles. The van der Waals surface area contributed by atoms with Crippen molar-refractivity contribution in [2.45, 2.75) is 64.1 Å². The van der Waals surface area contributed by atoms with Gasteiger partial charge in [0.2, 0.25) is 0 Å². The third-order valence-corrected chi connectivity index (χ3v) is 5.26.